The summed E-state index contributed by atoms with van der Waals surface area (Å²) in [5.41, 5.74) is 6.34. The van der Waals surface area contributed by atoms with Crippen LogP contribution in [-0.2, 0) is 12.8 Å². The Balaban J connectivity index is 2.51. The summed E-state index contributed by atoms with van der Waals surface area (Å²) in [5.74, 6) is 0. The molecule has 0 fully saturated rings. The monoisotopic (exact) mass is 350 g/mol. The van der Waals surface area contributed by atoms with E-state index >= 15 is 0 Å². The summed E-state index contributed by atoms with van der Waals surface area (Å²) in [4.78, 5) is 0. The summed E-state index contributed by atoms with van der Waals surface area (Å²) in [6.07, 6.45) is 2.05. The minimum atomic E-state index is -0.0889. The second kappa shape index (κ2) is 6.78. The molecule has 0 nitrogen and oxygen atoms in total. The molecule has 2 rings (SSSR count). The maximum atomic E-state index is 6.80. The third-order valence-corrected chi connectivity index (χ3v) is 4.75. The molecule has 0 N–H and O–H groups in total. The van der Waals surface area contributed by atoms with Crippen LogP contribution in [0.2, 0.25) is 0 Å². The van der Waals surface area contributed by atoms with Crippen LogP contribution < -0.4 is 0 Å². The normalized spacial score (nSPS) is 12.4. The zero-order chi connectivity index (χ0) is 14.7. The molecule has 0 radical (unpaired) electrons. The third-order valence-electron chi connectivity index (χ3n) is 3.79. The number of benzene rings is 2. The molecule has 0 saturated heterocycles. The van der Waals surface area contributed by atoms with Crippen molar-refractivity contribution in [1.29, 1.82) is 0 Å². The first-order valence-corrected chi connectivity index (χ1v) is 8.31. The summed E-state index contributed by atoms with van der Waals surface area (Å²) in [5, 5.41) is -0.0889. The molecule has 20 heavy (non-hydrogen) atoms. The van der Waals surface area contributed by atoms with Crippen molar-refractivity contribution >= 4 is 27.5 Å². The summed E-state index contributed by atoms with van der Waals surface area (Å²) in [7, 11) is 0. The van der Waals surface area contributed by atoms with E-state index in [1.807, 2.05) is 0 Å². The molecule has 2 aromatic rings. The predicted octanol–water partition coefficient (Wildman–Crippen LogP) is 6.21. The van der Waals surface area contributed by atoms with Crippen molar-refractivity contribution in [2.75, 3.05) is 0 Å². The van der Waals surface area contributed by atoms with Gasteiger partial charge in [0, 0.05) is 4.47 Å². The summed E-state index contributed by atoms with van der Waals surface area (Å²) in [6.45, 7) is 6.48. The van der Waals surface area contributed by atoms with Crippen molar-refractivity contribution < 1.29 is 0 Å². The Bertz CT molecular complexity index is 604. The van der Waals surface area contributed by atoms with Crippen LogP contribution in [0.1, 0.15) is 47.0 Å². The van der Waals surface area contributed by atoms with Crippen LogP contribution in [0.3, 0.4) is 0 Å². The van der Waals surface area contributed by atoms with Crippen LogP contribution in [0.5, 0.6) is 0 Å². The summed E-state index contributed by atoms with van der Waals surface area (Å²) in [6, 6.07) is 13.0. The Hall–Kier alpha value is -0.790. The van der Waals surface area contributed by atoms with Crippen molar-refractivity contribution in [2.45, 2.75) is 39.0 Å². The zero-order valence-electron chi connectivity index (χ0n) is 12.2. The number of hydrogen-bond donors (Lipinski definition) is 0. The van der Waals surface area contributed by atoms with Crippen LogP contribution in [0.25, 0.3) is 0 Å². The summed E-state index contributed by atoms with van der Waals surface area (Å²) >= 11 is 10.3. The molecule has 0 spiro atoms. The molecule has 0 aromatic heterocycles. The molecule has 0 amide bonds. The van der Waals surface area contributed by atoms with Gasteiger partial charge in [-0.05, 0) is 59.7 Å². The molecular weight excluding hydrogens is 332 g/mol. The number of rotatable bonds is 4. The van der Waals surface area contributed by atoms with Crippen LogP contribution in [-0.4, -0.2) is 0 Å². The SMILES string of the molecule is CCc1ccc(CC)c(C(Cl)c2cc(Br)ccc2C)c1. The van der Waals surface area contributed by atoms with Gasteiger partial charge in [-0.3, -0.25) is 0 Å². The van der Waals surface area contributed by atoms with Crippen molar-refractivity contribution in [3.8, 4) is 0 Å². The van der Waals surface area contributed by atoms with E-state index in [0.29, 0.717) is 0 Å². The van der Waals surface area contributed by atoms with E-state index in [1.54, 1.807) is 0 Å². The highest BCUT2D eigenvalue weighted by atomic mass is 79.9. The molecule has 0 heterocycles. The number of halogens is 2. The minimum Gasteiger partial charge on any atom is -0.113 e. The van der Waals surface area contributed by atoms with Crippen molar-refractivity contribution in [2.24, 2.45) is 0 Å². The molecule has 0 aliphatic rings. The first kappa shape index (κ1) is 15.6. The van der Waals surface area contributed by atoms with Gasteiger partial charge in [-0.15, -0.1) is 11.6 Å². The lowest BCUT2D eigenvalue weighted by molar-refractivity contribution is 1.01. The maximum Gasteiger partial charge on any atom is 0.0841 e. The van der Waals surface area contributed by atoms with E-state index in [-0.39, 0.29) is 5.38 Å². The molecule has 0 saturated carbocycles. The predicted molar refractivity (Wildman–Crippen MR) is 91.8 cm³/mol. The highest BCUT2D eigenvalue weighted by Gasteiger charge is 2.17. The van der Waals surface area contributed by atoms with Crippen LogP contribution in [0.4, 0.5) is 0 Å². The quantitative estimate of drug-likeness (QED) is 0.574. The second-order valence-electron chi connectivity index (χ2n) is 5.10. The largest absolute Gasteiger partial charge is 0.113 e. The fourth-order valence-corrected chi connectivity index (χ4v) is 3.29. The van der Waals surface area contributed by atoms with Gasteiger partial charge in [-0.25, -0.2) is 0 Å². The number of hydrogen-bond acceptors (Lipinski definition) is 0. The van der Waals surface area contributed by atoms with Crippen LogP contribution in [0.15, 0.2) is 40.9 Å². The number of aryl methyl sites for hydroxylation is 3. The Labute approximate surface area is 135 Å². The van der Waals surface area contributed by atoms with Gasteiger partial charge in [0.05, 0.1) is 5.38 Å². The molecule has 1 unspecified atom stereocenters. The number of alkyl halides is 1. The standard InChI is InChI=1S/C18H20BrCl/c1-4-13-7-8-14(5-2)17(10-13)18(20)16-11-15(19)9-6-12(16)3/h6-11,18H,4-5H2,1-3H3. The molecule has 106 valence electrons. The van der Waals surface area contributed by atoms with Crippen molar-refractivity contribution in [3.63, 3.8) is 0 Å². The average molecular weight is 352 g/mol. The highest BCUT2D eigenvalue weighted by Crippen LogP contribution is 2.35. The lowest BCUT2D eigenvalue weighted by Crippen LogP contribution is -2.02. The van der Waals surface area contributed by atoms with Gasteiger partial charge in [0.15, 0.2) is 0 Å². The second-order valence-corrected chi connectivity index (χ2v) is 6.46. The zero-order valence-corrected chi connectivity index (χ0v) is 14.6. The molecule has 0 bridgehead atoms. The Morgan fingerprint density at radius 3 is 2.40 bits per heavy atom. The Morgan fingerprint density at radius 2 is 1.75 bits per heavy atom. The molecular formula is C18H20BrCl. The van der Waals surface area contributed by atoms with E-state index < -0.39 is 0 Å². The molecule has 2 heteroatoms. The molecule has 1 atom stereocenters. The van der Waals surface area contributed by atoms with Crippen molar-refractivity contribution in [3.05, 3.63) is 68.7 Å². The van der Waals surface area contributed by atoms with Gasteiger partial charge in [-0.2, -0.15) is 0 Å². The lowest BCUT2D eigenvalue weighted by Gasteiger charge is -2.18. The van der Waals surface area contributed by atoms with E-state index in [0.717, 1.165) is 17.3 Å². The van der Waals surface area contributed by atoms with Gasteiger partial charge < -0.3 is 0 Å². The van der Waals surface area contributed by atoms with Crippen LogP contribution >= 0.6 is 27.5 Å². The van der Waals surface area contributed by atoms with Crippen molar-refractivity contribution in [1.82, 2.24) is 0 Å². The van der Waals surface area contributed by atoms with E-state index in [1.165, 1.54) is 27.8 Å². The highest BCUT2D eigenvalue weighted by molar-refractivity contribution is 9.10. The van der Waals surface area contributed by atoms with Gasteiger partial charge >= 0.3 is 0 Å². The van der Waals surface area contributed by atoms with E-state index in [9.17, 15) is 0 Å². The molecule has 0 aliphatic carbocycles. The van der Waals surface area contributed by atoms with E-state index in [2.05, 4.69) is 73.1 Å². The minimum absolute atomic E-state index is 0.0889. The van der Waals surface area contributed by atoms with Gasteiger partial charge in [0.1, 0.15) is 0 Å². The van der Waals surface area contributed by atoms with E-state index in [4.69, 9.17) is 11.6 Å². The van der Waals surface area contributed by atoms with Gasteiger partial charge in [0.2, 0.25) is 0 Å². The molecule has 0 aliphatic heterocycles. The fraction of sp³-hybridized carbons (Fsp3) is 0.333. The average Bonchev–Trinajstić information content (AvgIpc) is 2.48. The van der Waals surface area contributed by atoms with Gasteiger partial charge in [-0.1, -0.05) is 54.0 Å². The first-order valence-electron chi connectivity index (χ1n) is 7.08. The maximum absolute atomic E-state index is 6.80. The lowest BCUT2D eigenvalue weighted by atomic mass is 9.93. The Morgan fingerprint density at radius 1 is 1.00 bits per heavy atom. The Kier molecular flexibility index (Phi) is 5.29. The van der Waals surface area contributed by atoms with Gasteiger partial charge in [0.25, 0.3) is 0 Å². The van der Waals surface area contributed by atoms with Crippen LogP contribution in [0, 0.1) is 6.92 Å². The topological polar surface area (TPSA) is 0 Å². The summed E-state index contributed by atoms with van der Waals surface area (Å²) < 4.78 is 1.08. The first-order chi connectivity index (χ1) is 9.56. The molecule has 2 aromatic carbocycles. The fourth-order valence-electron chi connectivity index (χ4n) is 2.47. The smallest absolute Gasteiger partial charge is 0.0841 e. The third kappa shape index (κ3) is 3.27.